The Labute approximate surface area is 169 Å². The average Bonchev–Trinajstić information content (AvgIpc) is 3.60. The van der Waals surface area contributed by atoms with E-state index in [9.17, 15) is 4.79 Å². The van der Waals surface area contributed by atoms with E-state index in [4.69, 9.17) is 18.9 Å². The number of carbonyl (C=O) groups is 1. The molecule has 2 aliphatic carbocycles. The van der Waals surface area contributed by atoms with Crippen LogP contribution >= 0.6 is 0 Å². The van der Waals surface area contributed by atoms with Crippen LogP contribution in [0.15, 0.2) is 11.6 Å². The van der Waals surface area contributed by atoms with E-state index in [0.717, 1.165) is 51.6 Å². The van der Waals surface area contributed by atoms with Gasteiger partial charge in [0.1, 0.15) is 23.4 Å². The van der Waals surface area contributed by atoms with Crippen LogP contribution in [0.2, 0.25) is 0 Å². The van der Waals surface area contributed by atoms with Crippen molar-refractivity contribution in [1.82, 2.24) is 0 Å². The number of allylic oxidation sites excluding steroid dienone is 1. The number of rotatable bonds is 6. The minimum Gasteiger partial charge on any atom is -0.459 e. The van der Waals surface area contributed by atoms with Crippen LogP contribution in [0.5, 0.6) is 0 Å². The lowest BCUT2D eigenvalue weighted by Crippen LogP contribution is -2.55. The predicted molar refractivity (Wildman–Crippen MR) is 106 cm³/mol. The highest BCUT2D eigenvalue weighted by molar-refractivity contribution is 5.72. The van der Waals surface area contributed by atoms with Gasteiger partial charge in [0.25, 0.3) is 0 Å². The Morgan fingerprint density at radius 2 is 1.89 bits per heavy atom. The molecule has 0 aromatic rings. The molecule has 0 amide bonds. The first-order valence-electron chi connectivity index (χ1n) is 11.1. The number of esters is 1. The molecule has 1 spiro atoms. The third-order valence-corrected chi connectivity index (χ3v) is 7.44. The van der Waals surface area contributed by atoms with E-state index in [0.29, 0.717) is 0 Å². The maximum Gasteiger partial charge on any atom is 0.309 e. The molecule has 2 saturated carbocycles. The van der Waals surface area contributed by atoms with Crippen molar-refractivity contribution in [1.29, 1.82) is 0 Å². The van der Waals surface area contributed by atoms with Gasteiger partial charge in [-0.25, -0.2) is 0 Å². The summed E-state index contributed by atoms with van der Waals surface area (Å²) in [7, 11) is 1.73. The third-order valence-electron chi connectivity index (χ3n) is 7.44. The first kappa shape index (κ1) is 20.4. The molecule has 4 aliphatic rings. The number of carbonyl (C=O) groups excluding carboxylic acids is 1. The Morgan fingerprint density at radius 1 is 1.18 bits per heavy atom. The van der Waals surface area contributed by atoms with Crippen molar-refractivity contribution in [3.05, 3.63) is 11.6 Å². The van der Waals surface area contributed by atoms with Crippen LogP contribution in [0.25, 0.3) is 0 Å². The zero-order valence-corrected chi connectivity index (χ0v) is 17.9. The van der Waals surface area contributed by atoms with Crippen LogP contribution in [0.4, 0.5) is 0 Å². The van der Waals surface area contributed by atoms with Gasteiger partial charge in [-0.2, -0.15) is 0 Å². The molecule has 0 aromatic heterocycles. The second-order valence-corrected chi connectivity index (χ2v) is 9.69. The van der Waals surface area contributed by atoms with Crippen molar-refractivity contribution < 1.29 is 23.7 Å². The van der Waals surface area contributed by atoms with Gasteiger partial charge in [-0.05, 0) is 52.9 Å². The van der Waals surface area contributed by atoms with Gasteiger partial charge in [0, 0.05) is 7.11 Å². The summed E-state index contributed by atoms with van der Waals surface area (Å²) in [5.41, 5.74) is 0.864. The first-order valence-corrected chi connectivity index (χ1v) is 11.1. The molecule has 0 aromatic carbocycles. The standard InChI is InChI=1S/C23H36O5/c1-15(2)10-11-18-22(3,28-18)20-19(25-4)17(12-13-23(20)14-26-23)27-21(24)16-8-6-5-7-9-16/h10,16-20H,5-9,11-14H2,1-4H3. The molecular weight excluding hydrogens is 356 g/mol. The largest absolute Gasteiger partial charge is 0.459 e. The highest BCUT2D eigenvalue weighted by Gasteiger charge is 2.72. The maximum atomic E-state index is 12.8. The Morgan fingerprint density at radius 3 is 2.50 bits per heavy atom. The molecule has 6 unspecified atom stereocenters. The summed E-state index contributed by atoms with van der Waals surface area (Å²) in [6, 6.07) is 0. The number of methoxy groups -OCH3 is 1. The van der Waals surface area contributed by atoms with Gasteiger partial charge < -0.3 is 18.9 Å². The lowest BCUT2D eigenvalue weighted by atomic mass is 9.68. The van der Waals surface area contributed by atoms with Crippen LogP contribution in [0, 0.1) is 11.8 Å². The van der Waals surface area contributed by atoms with Gasteiger partial charge in [-0.15, -0.1) is 0 Å². The predicted octanol–water partition coefficient (Wildman–Crippen LogP) is 4.19. The molecule has 0 N–H and O–H groups in total. The van der Waals surface area contributed by atoms with E-state index < -0.39 is 0 Å². The molecule has 4 fully saturated rings. The van der Waals surface area contributed by atoms with Crippen molar-refractivity contribution in [2.24, 2.45) is 11.8 Å². The fraction of sp³-hybridized carbons (Fsp3) is 0.870. The number of epoxide rings is 2. The molecule has 158 valence electrons. The lowest BCUT2D eigenvalue weighted by molar-refractivity contribution is -0.177. The van der Waals surface area contributed by atoms with Crippen molar-refractivity contribution in [2.45, 2.75) is 102 Å². The zero-order valence-electron chi connectivity index (χ0n) is 17.9. The number of hydrogen-bond acceptors (Lipinski definition) is 5. The normalized spacial score (nSPS) is 42.9. The van der Waals surface area contributed by atoms with Crippen LogP contribution in [-0.4, -0.2) is 49.2 Å². The average molecular weight is 393 g/mol. The van der Waals surface area contributed by atoms with Crippen molar-refractivity contribution >= 4 is 5.97 Å². The summed E-state index contributed by atoms with van der Waals surface area (Å²) in [5.74, 6) is 0.135. The molecule has 5 heteroatoms. The highest BCUT2D eigenvalue weighted by atomic mass is 16.6. The lowest BCUT2D eigenvalue weighted by Gasteiger charge is -2.43. The monoisotopic (exact) mass is 392 g/mol. The quantitative estimate of drug-likeness (QED) is 0.385. The molecule has 5 nitrogen and oxygen atoms in total. The maximum absolute atomic E-state index is 12.8. The molecule has 4 rings (SSSR count). The zero-order chi connectivity index (χ0) is 19.9. The topological polar surface area (TPSA) is 60.6 Å². The van der Waals surface area contributed by atoms with Gasteiger partial charge >= 0.3 is 5.97 Å². The molecule has 0 radical (unpaired) electrons. The van der Waals surface area contributed by atoms with E-state index in [1.807, 2.05) is 0 Å². The second kappa shape index (κ2) is 7.73. The summed E-state index contributed by atoms with van der Waals surface area (Å²) in [6.45, 7) is 7.17. The molecule has 0 bridgehead atoms. The van der Waals surface area contributed by atoms with Crippen molar-refractivity contribution in [2.75, 3.05) is 13.7 Å². The Balaban J connectivity index is 1.47. The van der Waals surface area contributed by atoms with Crippen molar-refractivity contribution in [3.8, 4) is 0 Å². The van der Waals surface area contributed by atoms with Gasteiger partial charge in [0.2, 0.25) is 0 Å². The molecule has 6 atom stereocenters. The summed E-state index contributed by atoms with van der Waals surface area (Å²) < 4.78 is 24.2. The number of ether oxygens (including phenoxy) is 4. The minimum absolute atomic E-state index is 0.0267. The SMILES string of the molecule is COC1C(OC(=O)C2CCCCC2)CCC2(CO2)C1C1(C)OC1CC=C(C)C. The minimum atomic E-state index is -0.279. The van der Waals surface area contributed by atoms with Crippen LogP contribution in [-0.2, 0) is 23.7 Å². The molecular formula is C23H36O5. The second-order valence-electron chi connectivity index (χ2n) is 9.69. The van der Waals surface area contributed by atoms with E-state index in [2.05, 4.69) is 26.8 Å². The Kier molecular flexibility index (Phi) is 5.62. The molecule has 2 saturated heterocycles. The van der Waals surface area contributed by atoms with Gasteiger partial charge in [0.05, 0.1) is 24.5 Å². The highest BCUT2D eigenvalue weighted by Crippen LogP contribution is 2.59. The first-order chi connectivity index (χ1) is 13.4. The molecule has 2 aliphatic heterocycles. The fourth-order valence-corrected chi connectivity index (χ4v) is 5.65. The van der Waals surface area contributed by atoms with E-state index >= 15 is 0 Å². The van der Waals surface area contributed by atoms with Gasteiger partial charge in [-0.1, -0.05) is 30.9 Å². The fourth-order valence-electron chi connectivity index (χ4n) is 5.65. The Hall–Kier alpha value is -0.910. The van der Waals surface area contributed by atoms with E-state index in [1.54, 1.807) is 7.11 Å². The molecule has 28 heavy (non-hydrogen) atoms. The van der Waals surface area contributed by atoms with E-state index in [-0.39, 0.29) is 47.3 Å². The summed E-state index contributed by atoms with van der Waals surface area (Å²) >= 11 is 0. The van der Waals surface area contributed by atoms with Crippen LogP contribution in [0.1, 0.15) is 72.1 Å². The van der Waals surface area contributed by atoms with Crippen LogP contribution < -0.4 is 0 Å². The summed E-state index contributed by atoms with van der Waals surface area (Å²) in [4.78, 5) is 12.8. The van der Waals surface area contributed by atoms with Crippen molar-refractivity contribution in [3.63, 3.8) is 0 Å². The molecule has 2 heterocycles. The van der Waals surface area contributed by atoms with Gasteiger partial charge in [-0.3, -0.25) is 4.79 Å². The van der Waals surface area contributed by atoms with Crippen LogP contribution in [0.3, 0.4) is 0 Å². The number of hydrogen-bond donors (Lipinski definition) is 0. The third kappa shape index (κ3) is 3.78. The Bertz CT molecular complexity index is 614. The van der Waals surface area contributed by atoms with Gasteiger partial charge in [0.15, 0.2) is 0 Å². The smallest absolute Gasteiger partial charge is 0.309 e. The summed E-state index contributed by atoms with van der Waals surface area (Å²) in [5, 5.41) is 0. The summed E-state index contributed by atoms with van der Waals surface area (Å²) in [6.07, 6.45) is 10.1. The van der Waals surface area contributed by atoms with E-state index in [1.165, 1.54) is 12.0 Å².